The molecule has 0 fully saturated rings. The van der Waals surface area contributed by atoms with Crippen LogP contribution in [0.5, 0.6) is 0 Å². The molecule has 0 aliphatic heterocycles. The molecule has 0 saturated carbocycles. The Hall–Kier alpha value is -1.72. The van der Waals surface area contributed by atoms with Crippen molar-refractivity contribution in [2.24, 2.45) is 0 Å². The lowest BCUT2D eigenvalue weighted by Gasteiger charge is -1.92. The molecule has 0 heterocycles. The molecular weight excluding hydrogens is 156 g/mol. The molecule has 0 spiro atoms. The first-order valence-electron chi connectivity index (χ1n) is 2.45. The van der Waals surface area contributed by atoms with Gasteiger partial charge in [0.15, 0.2) is 0 Å². The van der Waals surface area contributed by atoms with Crippen molar-refractivity contribution in [2.45, 2.75) is 6.92 Å². The number of carbonyl (C=O) groups excluding carboxylic acids is 3. The summed E-state index contributed by atoms with van der Waals surface area (Å²) in [7, 11) is 0. The number of carboxylic acid groups (broad SMARTS) is 1. The fourth-order valence-electron chi connectivity index (χ4n) is 0.264. The molecule has 0 saturated heterocycles. The summed E-state index contributed by atoms with van der Waals surface area (Å²) in [5, 5.41) is 7.90. The summed E-state index contributed by atoms with van der Waals surface area (Å²) in [6, 6.07) is 0. The molecule has 0 aromatic carbocycles. The molecule has 60 valence electrons. The van der Waals surface area contributed by atoms with E-state index in [0.29, 0.717) is 0 Å². The van der Waals surface area contributed by atoms with Gasteiger partial charge in [0, 0.05) is 6.92 Å². The lowest BCUT2D eigenvalue weighted by atomic mass is 10.4. The Morgan fingerprint density at radius 3 is 1.91 bits per heavy atom. The fraction of sp³-hybridized carbons (Fsp3) is 0.200. The fourth-order valence-corrected chi connectivity index (χ4v) is 0.264. The number of ether oxygens (including phenoxy) is 1. The first-order chi connectivity index (χ1) is 4.95. The van der Waals surface area contributed by atoms with Gasteiger partial charge in [0.2, 0.25) is 0 Å². The van der Waals surface area contributed by atoms with Gasteiger partial charge in [0.25, 0.3) is 0 Å². The number of carboxylic acids is 1. The predicted octanol–water partition coefficient (Wildman–Crippen LogP) is -1.27. The van der Waals surface area contributed by atoms with Crippen LogP contribution < -0.4 is 0 Å². The van der Waals surface area contributed by atoms with E-state index in [9.17, 15) is 19.2 Å². The number of aliphatic carboxylic acids is 1. The molecule has 11 heavy (non-hydrogen) atoms. The zero-order chi connectivity index (χ0) is 9.02. The van der Waals surface area contributed by atoms with E-state index in [-0.39, 0.29) is 0 Å². The van der Waals surface area contributed by atoms with Crippen molar-refractivity contribution in [3.05, 3.63) is 0 Å². The number of Topliss-reactive ketones (excluding diaryl/α,β-unsaturated/α-hetero) is 1. The molecule has 0 aliphatic carbocycles. The summed E-state index contributed by atoms with van der Waals surface area (Å²) in [6.45, 7) is 0.882. The Bertz CT molecular complexity index is 227. The highest BCUT2D eigenvalue weighted by atomic mass is 16.6. The molecule has 6 heteroatoms. The smallest absolute Gasteiger partial charge is 0.394 e. The van der Waals surface area contributed by atoms with Crippen molar-refractivity contribution in [3.63, 3.8) is 0 Å². The Labute approximate surface area is 60.8 Å². The van der Waals surface area contributed by atoms with Crippen molar-refractivity contribution in [2.75, 3.05) is 0 Å². The molecule has 0 aromatic rings. The molecule has 0 unspecified atom stereocenters. The van der Waals surface area contributed by atoms with Crippen molar-refractivity contribution in [1.29, 1.82) is 0 Å². The molecule has 6 nitrogen and oxygen atoms in total. The average molecular weight is 160 g/mol. The van der Waals surface area contributed by atoms with Gasteiger partial charge in [-0.3, -0.25) is 9.59 Å². The van der Waals surface area contributed by atoms with Gasteiger partial charge in [-0.1, -0.05) is 0 Å². The highest BCUT2D eigenvalue weighted by Gasteiger charge is 2.24. The zero-order valence-electron chi connectivity index (χ0n) is 5.49. The van der Waals surface area contributed by atoms with Crippen molar-refractivity contribution >= 4 is 23.7 Å². The molecule has 0 rings (SSSR count). The second-order valence-electron chi connectivity index (χ2n) is 1.52. The maximum absolute atomic E-state index is 10.2. The second-order valence-corrected chi connectivity index (χ2v) is 1.52. The maximum atomic E-state index is 10.2. The van der Waals surface area contributed by atoms with E-state index >= 15 is 0 Å². The van der Waals surface area contributed by atoms with Gasteiger partial charge < -0.3 is 9.84 Å². The van der Waals surface area contributed by atoms with E-state index in [1.54, 1.807) is 0 Å². The topological polar surface area (TPSA) is 97.7 Å². The third kappa shape index (κ3) is 3.09. The van der Waals surface area contributed by atoms with Gasteiger partial charge in [-0.05, 0) is 0 Å². The molecule has 0 radical (unpaired) electrons. The van der Waals surface area contributed by atoms with E-state index in [1.165, 1.54) is 0 Å². The molecule has 0 atom stereocenters. The van der Waals surface area contributed by atoms with Crippen LogP contribution in [0.3, 0.4) is 0 Å². The Morgan fingerprint density at radius 1 is 1.18 bits per heavy atom. The molecule has 0 aliphatic rings. The van der Waals surface area contributed by atoms with Crippen LogP contribution in [0.15, 0.2) is 0 Å². The number of ketones is 1. The summed E-state index contributed by atoms with van der Waals surface area (Å²) < 4.78 is 3.67. The van der Waals surface area contributed by atoms with E-state index in [4.69, 9.17) is 5.11 Å². The van der Waals surface area contributed by atoms with Crippen LogP contribution in [-0.2, 0) is 23.9 Å². The van der Waals surface area contributed by atoms with E-state index in [0.717, 1.165) is 6.92 Å². The zero-order valence-corrected chi connectivity index (χ0v) is 5.49. The van der Waals surface area contributed by atoms with Crippen molar-refractivity contribution in [1.82, 2.24) is 0 Å². The standard InChI is InChI=1S/C5H4O6/c1-2(6)11-5(10)3(7)4(8)9/h1H3,(H,8,9). The first kappa shape index (κ1) is 9.28. The van der Waals surface area contributed by atoms with Crippen molar-refractivity contribution < 1.29 is 29.0 Å². The summed E-state index contributed by atoms with van der Waals surface area (Å²) in [5.74, 6) is -6.41. The van der Waals surface area contributed by atoms with Gasteiger partial charge >= 0.3 is 23.7 Å². The Morgan fingerprint density at radius 2 is 1.64 bits per heavy atom. The van der Waals surface area contributed by atoms with Crippen LogP contribution in [-0.4, -0.2) is 28.8 Å². The predicted molar refractivity (Wildman–Crippen MR) is 29.4 cm³/mol. The summed E-state index contributed by atoms with van der Waals surface area (Å²) in [5.41, 5.74) is 0. The van der Waals surface area contributed by atoms with Gasteiger partial charge in [-0.25, -0.2) is 9.59 Å². The lowest BCUT2D eigenvalue weighted by Crippen LogP contribution is -2.26. The number of esters is 2. The van der Waals surface area contributed by atoms with Gasteiger partial charge in [0.1, 0.15) is 0 Å². The van der Waals surface area contributed by atoms with Gasteiger partial charge in [0.05, 0.1) is 0 Å². The minimum atomic E-state index is -1.95. The van der Waals surface area contributed by atoms with E-state index < -0.39 is 23.7 Å². The monoisotopic (exact) mass is 160 g/mol. The van der Waals surface area contributed by atoms with Gasteiger partial charge in [-0.2, -0.15) is 0 Å². The number of carbonyl (C=O) groups is 4. The Kier molecular flexibility index (Phi) is 2.91. The minimum Gasteiger partial charge on any atom is -0.475 e. The molecule has 0 aromatic heterocycles. The summed E-state index contributed by atoms with van der Waals surface area (Å²) in [6.07, 6.45) is 0. The Balaban J connectivity index is 4.16. The first-order valence-corrected chi connectivity index (χ1v) is 2.45. The highest BCUT2D eigenvalue weighted by molar-refractivity contribution is 6.60. The number of rotatable bonds is 2. The highest BCUT2D eigenvalue weighted by Crippen LogP contribution is 1.82. The molecule has 1 N–H and O–H groups in total. The molecule has 0 amide bonds. The van der Waals surface area contributed by atoms with Crippen LogP contribution in [0.25, 0.3) is 0 Å². The minimum absolute atomic E-state index is 0.882. The number of hydrogen-bond donors (Lipinski definition) is 1. The largest absolute Gasteiger partial charge is 0.475 e. The van der Waals surface area contributed by atoms with E-state index in [2.05, 4.69) is 4.74 Å². The summed E-state index contributed by atoms with van der Waals surface area (Å²) >= 11 is 0. The number of hydrogen-bond acceptors (Lipinski definition) is 5. The quantitative estimate of drug-likeness (QED) is 0.307. The van der Waals surface area contributed by atoms with Crippen molar-refractivity contribution in [3.8, 4) is 0 Å². The third-order valence-corrected chi connectivity index (χ3v) is 0.616. The van der Waals surface area contributed by atoms with Crippen LogP contribution in [0.4, 0.5) is 0 Å². The van der Waals surface area contributed by atoms with Crippen LogP contribution >= 0.6 is 0 Å². The average Bonchev–Trinajstić information content (AvgIpc) is 1.84. The second kappa shape index (κ2) is 3.45. The maximum Gasteiger partial charge on any atom is 0.394 e. The SMILES string of the molecule is CC(=O)OC(=O)C(=O)C(=O)O. The molecular formula is C5H4O6. The van der Waals surface area contributed by atoms with Gasteiger partial charge in [-0.15, -0.1) is 0 Å². The summed E-state index contributed by atoms with van der Waals surface area (Å²) in [4.78, 5) is 40.1. The van der Waals surface area contributed by atoms with E-state index in [1.807, 2.05) is 0 Å². The third-order valence-electron chi connectivity index (χ3n) is 0.616. The molecule has 0 bridgehead atoms. The lowest BCUT2D eigenvalue weighted by molar-refractivity contribution is -0.166. The normalized spacial score (nSPS) is 8.45. The van der Waals surface area contributed by atoms with Crippen LogP contribution in [0.2, 0.25) is 0 Å². The van der Waals surface area contributed by atoms with Crippen LogP contribution in [0, 0.1) is 0 Å². The van der Waals surface area contributed by atoms with Crippen LogP contribution in [0.1, 0.15) is 6.92 Å².